The van der Waals surface area contributed by atoms with Gasteiger partial charge in [-0.05, 0) is 0 Å². The summed E-state index contributed by atoms with van der Waals surface area (Å²) in [5.41, 5.74) is 0. The fraction of sp³-hybridized carbons (Fsp3) is 0.125. The molecule has 0 aromatic rings. The predicted octanol–water partition coefficient (Wildman–Crippen LogP) is 1.65. The van der Waals surface area contributed by atoms with Gasteiger partial charge in [-0.3, -0.25) is 0 Å². The van der Waals surface area contributed by atoms with Crippen LogP contribution in [-0.4, -0.2) is 40.7 Å². The first-order chi connectivity index (χ1) is 11.4. The first kappa shape index (κ1) is 32.6. The summed E-state index contributed by atoms with van der Waals surface area (Å²) >= 11 is 0.0394. The van der Waals surface area contributed by atoms with E-state index in [0.717, 1.165) is 0 Å². The molecule has 0 bridgehead atoms. The van der Waals surface area contributed by atoms with Crippen molar-refractivity contribution in [2.75, 3.05) is 0 Å². The molecule has 0 unspecified atom stereocenters. The van der Waals surface area contributed by atoms with Gasteiger partial charge in [0, 0.05) is 0 Å². The van der Waals surface area contributed by atoms with Crippen LogP contribution in [0.25, 0.3) is 0 Å². The van der Waals surface area contributed by atoms with Gasteiger partial charge in [-0.2, -0.15) is 0 Å². The molecular formula is C16H22MoO6. The van der Waals surface area contributed by atoms with E-state index in [9.17, 15) is 0 Å². The van der Waals surface area contributed by atoms with Crippen LogP contribution in [0.4, 0.5) is 0 Å². The molecule has 23 heavy (non-hydrogen) atoms. The Bertz CT molecular complexity index is 320. The van der Waals surface area contributed by atoms with Gasteiger partial charge in [0.25, 0.3) is 0 Å². The van der Waals surface area contributed by atoms with Crippen LogP contribution in [0.5, 0.6) is 0 Å². The van der Waals surface area contributed by atoms with Gasteiger partial charge in [0.2, 0.25) is 0 Å². The minimum atomic E-state index is 0.0394. The molecule has 0 heterocycles. The molecule has 6 nitrogen and oxygen atoms in total. The number of carbonyl (C=O) groups is 6. The molecule has 0 aliphatic heterocycles. The van der Waals surface area contributed by atoms with Crippen molar-refractivity contribution in [3.05, 3.63) is 44.4 Å². The van der Waals surface area contributed by atoms with Crippen LogP contribution in [0, 0.1) is 0 Å². The van der Waals surface area contributed by atoms with E-state index >= 15 is 0 Å². The van der Waals surface area contributed by atoms with E-state index in [1.807, 2.05) is 40.7 Å². The number of hydrogen-bond acceptors (Lipinski definition) is 6. The van der Waals surface area contributed by atoms with Crippen molar-refractivity contribution >= 4 is 40.7 Å². The van der Waals surface area contributed by atoms with E-state index in [2.05, 4.69) is 36.5 Å². The average molecular weight is 406 g/mol. The zero-order valence-corrected chi connectivity index (χ0v) is 15.0. The maximum atomic E-state index is 8.00. The third-order valence-electron chi connectivity index (χ3n) is 1.74. The molecular weight excluding hydrogens is 384 g/mol. The fourth-order valence-corrected chi connectivity index (χ4v) is 3.61. The third-order valence-corrected chi connectivity index (χ3v) is 4.51. The van der Waals surface area contributed by atoms with Gasteiger partial charge in [-0.25, -0.2) is 0 Å². The molecule has 0 spiro atoms. The van der Waals surface area contributed by atoms with Crippen molar-refractivity contribution in [2.45, 2.75) is 12.8 Å². The topological polar surface area (TPSA) is 102 Å². The first-order valence-electron chi connectivity index (χ1n) is 5.57. The molecule has 0 amide bonds. The van der Waals surface area contributed by atoms with E-state index in [0.29, 0.717) is 0 Å². The Hall–Kier alpha value is -2.33. The van der Waals surface area contributed by atoms with Crippen LogP contribution in [0.2, 0.25) is 0 Å². The van der Waals surface area contributed by atoms with Crippen molar-refractivity contribution in [3.8, 4) is 0 Å². The second-order valence-corrected chi connectivity index (χ2v) is 5.71. The van der Waals surface area contributed by atoms with Gasteiger partial charge in [-0.1, -0.05) is 0 Å². The number of hydrogen-bond donors (Lipinski definition) is 0. The second kappa shape index (κ2) is 42.7. The zero-order valence-electron chi connectivity index (χ0n) is 13.0. The normalized spacial score (nSPS) is 11.0. The summed E-state index contributed by atoms with van der Waals surface area (Å²) in [5.74, 6) is 0. The first-order valence-corrected chi connectivity index (χ1v) is 7.58. The van der Waals surface area contributed by atoms with E-state index in [-0.39, 0.29) is 18.6 Å². The molecule has 2 aliphatic carbocycles. The standard InChI is InChI=1S/2C5H5.6CH2O.Mo/c2*1-2-4-5-3-1;6*1-2;/h2*1-3H,4H2;6*1H2;. The zero-order chi connectivity index (χ0) is 19.5. The molecule has 7 heteroatoms. The van der Waals surface area contributed by atoms with E-state index in [4.69, 9.17) is 28.8 Å². The smallest absolute Gasteiger partial charge is 0.106 e. The largest absolute Gasteiger partial charge is 0.307 e. The van der Waals surface area contributed by atoms with Gasteiger partial charge in [0.05, 0.1) is 0 Å². The second-order valence-electron chi connectivity index (χ2n) is 2.63. The van der Waals surface area contributed by atoms with Crippen molar-refractivity contribution in [2.24, 2.45) is 0 Å². The molecule has 2 aliphatic rings. The Labute approximate surface area is 145 Å². The Balaban J connectivity index is -0.0000000771. The van der Waals surface area contributed by atoms with Crippen molar-refractivity contribution in [1.29, 1.82) is 0 Å². The van der Waals surface area contributed by atoms with Gasteiger partial charge in [0.15, 0.2) is 0 Å². The molecule has 128 valence electrons. The monoisotopic (exact) mass is 408 g/mol. The van der Waals surface area contributed by atoms with Crippen LogP contribution >= 0.6 is 0 Å². The quantitative estimate of drug-likeness (QED) is 0.646. The summed E-state index contributed by atoms with van der Waals surface area (Å²) < 4.78 is 3.37. The van der Waals surface area contributed by atoms with Crippen molar-refractivity contribution in [1.82, 2.24) is 0 Å². The number of rotatable bonds is 2. The summed E-state index contributed by atoms with van der Waals surface area (Å²) in [6.45, 7) is 12.0. The average Bonchev–Trinajstić information content (AvgIpc) is 3.40. The molecule has 0 atom stereocenters. The van der Waals surface area contributed by atoms with Crippen LogP contribution < -0.4 is 0 Å². The van der Waals surface area contributed by atoms with Gasteiger partial charge in [-0.15, -0.1) is 0 Å². The van der Waals surface area contributed by atoms with E-state index in [1.165, 1.54) is 12.8 Å². The van der Waals surface area contributed by atoms with Crippen LogP contribution in [0.15, 0.2) is 44.4 Å². The Morgan fingerprint density at radius 1 is 0.565 bits per heavy atom. The fourth-order valence-electron chi connectivity index (χ4n) is 1.17. The molecule has 0 aromatic carbocycles. The van der Waals surface area contributed by atoms with Gasteiger partial charge in [0.1, 0.15) is 40.7 Å². The van der Waals surface area contributed by atoms with E-state index in [1.54, 1.807) is 7.93 Å². The Kier molecular flexibility index (Phi) is 60.5. The predicted molar refractivity (Wildman–Crippen MR) is 86.4 cm³/mol. The summed E-state index contributed by atoms with van der Waals surface area (Å²) in [5, 5.41) is 0. The Morgan fingerprint density at radius 3 is 1.00 bits per heavy atom. The van der Waals surface area contributed by atoms with Gasteiger partial charge < -0.3 is 28.8 Å². The number of carbonyl (C=O) groups excluding carboxylic acids is 6. The van der Waals surface area contributed by atoms with Gasteiger partial charge >= 0.3 is 75.8 Å². The Morgan fingerprint density at radius 2 is 0.826 bits per heavy atom. The molecule has 0 fully saturated rings. The molecule has 0 saturated heterocycles. The minimum absolute atomic E-state index is 0.0394. The molecule has 0 aromatic heterocycles. The summed E-state index contributed by atoms with van der Waals surface area (Å²) in [7, 11) is 0. The number of allylic oxidation sites excluding steroid dienone is 8. The van der Waals surface area contributed by atoms with Crippen LogP contribution in [0.1, 0.15) is 12.8 Å². The maximum Gasteiger partial charge on any atom is 0.106 e. The van der Waals surface area contributed by atoms with Crippen molar-refractivity contribution < 1.29 is 47.3 Å². The molecule has 2 rings (SSSR count). The van der Waals surface area contributed by atoms with Crippen LogP contribution in [0.3, 0.4) is 0 Å². The third kappa shape index (κ3) is 25.0. The van der Waals surface area contributed by atoms with E-state index < -0.39 is 0 Å². The summed E-state index contributed by atoms with van der Waals surface area (Å²) in [4.78, 5) is 48.0. The SMILES string of the molecule is C1=CC[C]([Mo][C]2=CC=CC2)=C1.C=O.C=O.C=O.C=O.C=O.C=O. The molecule has 0 saturated carbocycles. The summed E-state index contributed by atoms with van der Waals surface area (Å²) in [6.07, 6.45) is 15.9. The molecule has 0 radical (unpaired) electrons. The minimum Gasteiger partial charge on any atom is -0.307 e. The summed E-state index contributed by atoms with van der Waals surface area (Å²) in [6, 6.07) is 0. The maximum absolute atomic E-state index is 8.00. The van der Waals surface area contributed by atoms with Crippen molar-refractivity contribution in [3.63, 3.8) is 0 Å². The molecule has 0 N–H and O–H groups in total. The van der Waals surface area contributed by atoms with Crippen LogP contribution in [-0.2, 0) is 47.3 Å².